The molecule has 154 valence electrons. The summed E-state index contributed by atoms with van der Waals surface area (Å²) in [7, 11) is 1.77. The maximum absolute atomic E-state index is 12.3. The van der Waals surface area contributed by atoms with E-state index in [0.29, 0.717) is 19.3 Å². The lowest BCUT2D eigenvalue weighted by Crippen LogP contribution is -3.16. The van der Waals surface area contributed by atoms with E-state index in [9.17, 15) is 4.79 Å². The molecule has 0 spiro atoms. The van der Waals surface area contributed by atoms with E-state index in [4.69, 9.17) is 9.47 Å². The molecule has 1 amide bonds. The van der Waals surface area contributed by atoms with Crippen LogP contribution in [0.25, 0.3) is 0 Å². The number of aryl methyl sites for hydroxylation is 2. The van der Waals surface area contributed by atoms with Crippen LogP contribution in [0.4, 0.5) is 4.79 Å². The van der Waals surface area contributed by atoms with Crippen LogP contribution in [0.1, 0.15) is 44.2 Å². The zero-order valence-electron chi connectivity index (χ0n) is 17.4. The maximum atomic E-state index is 12.3. The number of ether oxygens (including phenoxy) is 2. The lowest BCUT2D eigenvalue weighted by molar-refractivity contribution is -0.928. The van der Waals surface area contributed by atoms with Crippen LogP contribution < -0.4 is 22.0 Å². The first-order valence-corrected chi connectivity index (χ1v) is 9.82. The van der Waals surface area contributed by atoms with Crippen LogP contribution in [0.5, 0.6) is 5.75 Å². The van der Waals surface area contributed by atoms with E-state index in [2.05, 4.69) is 26.8 Å². The predicted octanol–water partition coefficient (Wildman–Crippen LogP) is -0.400. The van der Waals surface area contributed by atoms with E-state index in [1.54, 1.807) is 16.8 Å². The van der Waals surface area contributed by atoms with Crippen molar-refractivity contribution in [3.63, 3.8) is 0 Å². The number of carbonyl (C=O) groups is 1. The summed E-state index contributed by atoms with van der Waals surface area (Å²) in [5.41, 5.74) is 2.35. The fraction of sp³-hybridized carbons (Fsp3) is 0.667. The number of amides is 1. The first kappa shape index (κ1) is 23.6. The topological polar surface area (TPSA) is 43.2 Å². The molecule has 0 aromatic heterocycles. The molecule has 3 atom stereocenters. The third-order valence-corrected chi connectivity index (χ3v) is 5.37. The summed E-state index contributed by atoms with van der Waals surface area (Å²) in [4.78, 5) is 15.4. The average molecular weight is 399 g/mol. The van der Waals surface area contributed by atoms with Crippen LogP contribution >= 0.6 is 0 Å². The smallest absolute Gasteiger partial charge is 0.410 e. The Bertz CT molecular complexity index is 577. The number of rotatable bonds is 7. The number of piperidine rings is 1. The van der Waals surface area contributed by atoms with Gasteiger partial charge in [-0.15, -0.1) is 0 Å². The molecule has 2 rings (SSSR count). The van der Waals surface area contributed by atoms with Gasteiger partial charge in [0.25, 0.3) is 0 Å². The molecule has 1 N–H and O–H groups in total. The summed E-state index contributed by atoms with van der Waals surface area (Å²) in [5.74, 6) is 0.846. The number of carbonyl (C=O) groups excluding carboxylic acids is 1. The van der Waals surface area contributed by atoms with E-state index < -0.39 is 0 Å². The molecular formula is C21H35ClN2O3. The Morgan fingerprint density at radius 3 is 2.56 bits per heavy atom. The lowest BCUT2D eigenvalue weighted by atomic mass is 10.0. The fourth-order valence-electron chi connectivity index (χ4n) is 3.52. The van der Waals surface area contributed by atoms with Gasteiger partial charge in [0.05, 0.1) is 18.6 Å². The Balaban J connectivity index is 0.00000364. The van der Waals surface area contributed by atoms with Gasteiger partial charge in [0.1, 0.15) is 25.5 Å². The number of halogens is 1. The third-order valence-electron chi connectivity index (χ3n) is 5.37. The largest absolute Gasteiger partial charge is 1.00 e. The molecule has 1 heterocycles. The standard InChI is InChI=1S/C21H34N2O3.ClH/c1-16-12-17(2)14-20(13-16)26-15-19(4)22(5)21(24)25-11-10-23-9-7-6-8-18(23)3;/h12-14,18-19H,6-11,15H2,1-5H3;1H. The van der Waals surface area contributed by atoms with Crippen LogP contribution in [0.2, 0.25) is 0 Å². The first-order chi connectivity index (χ1) is 12.4. The van der Waals surface area contributed by atoms with Crippen LogP contribution in [0.15, 0.2) is 18.2 Å². The number of nitrogens with one attached hydrogen (secondary N) is 1. The first-order valence-electron chi connectivity index (χ1n) is 9.82. The molecule has 6 heteroatoms. The quantitative estimate of drug-likeness (QED) is 0.679. The molecule has 1 aliphatic heterocycles. The van der Waals surface area contributed by atoms with E-state index in [1.165, 1.54) is 36.9 Å². The Morgan fingerprint density at radius 2 is 1.93 bits per heavy atom. The molecule has 3 unspecified atom stereocenters. The molecule has 1 saturated heterocycles. The highest BCUT2D eigenvalue weighted by atomic mass is 35.5. The number of nitrogens with zero attached hydrogens (tertiary/aromatic N) is 1. The molecule has 1 aromatic rings. The van der Waals surface area contributed by atoms with E-state index in [0.717, 1.165) is 12.3 Å². The summed E-state index contributed by atoms with van der Waals surface area (Å²) >= 11 is 0. The van der Waals surface area contributed by atoms with Gasteiger partial charge in [-0.2, -0.15) is 0 Å². The van der Waals surface area contributed by atoms with Crippen molar-refractivity contribution in [3.8, 4) is 5.75 Å². The van der Waals surface area contributed by atoms with Crippen molar-refractivity contribution in [1.29, 1.82) is 0 Å². The van der Waals surface area contributed by atoms with Gasteiger partial charge in [0.15, 0.2) is 0 Å². The Hall–Kier alpha value is -1.46. The van der Waals surface area contributed by atoms with Crippen molar-refractivity contribution in [2.24, 2.45) is 0 Å². The van der Waals surface area contributed by atoms with Gasteiger partial charge in [0, 0.05) is 7.05 Å². The minimum atomic E-state index is -0.273. The van der Waals surface area contributed by atoms with Gasteiger partial charge in [-0.1, -0.05) is 6.07 Å². The maximum Gasteiger partial charge on any atom is 0.410 e. The molecule has 1 aliphatic rings. The van der Waals surface area contributed by atoms with Gasteiger partial charge in [-0.05, 0) is 70.2 Å². The monoisotopic (exact) mass is 398 g/mol. The summed E-state index contributed by atoms with van der Waals surface area (Å²) < 4.78 is 11.3. The number of likely N-dealkylation sites (N-methyl/N-ethyl adjacent to an activating group) is 1. The van der Waals surface area contributed by atoms with E-state index >= 15 is 0 Å². The molecule has 0 aliphatic carbocycles. The average Bonchev–Trinajstić information content (AvgIpc) is 2.59. The summed E-state index contributed by atoms with van der Waals surface area (Å²) in [5, 5.41) is 0. The van der Waals surface area contributed by atoms with Crippen molar-refractivity contribution >= 4 is 6.09 Å². The molecular weight excluding hydrogens is 364 g/mol. The number of hydrogen-bond donors (Lipinski definition) is 1. The molecule has 1 fully saturated rings. The van der Waals surface area contributed by atoms with Crippen molar-refractivity contribution in [2.45, 2.75) is 59.0 Å². The van der Waals surface area contributed by atoms with E-state index in [-0.39, 0.29) is 24.5 Å². The zero-order chi connectivity index (χ0) is 19.1. The Morgan fingerprint density at radius 1 is 1.26 bits per heavy atom. The zero-order valence-corrected chi connectivity index (χ0v) is 18.1. The number of quaternary nitrogens is 1. The van der Waals surface area contributed by atoms with Crippen LogP contribution in [-0.2, 0) is 4.74 Å². The minimum Gasteiger partial charge on any atom is -1.00 e. The molecule has 27 heavy (non-hydrogen) atoms. The number of hydrogen-bond acceptors (Lipinski definition) is 3. The normalized spacial score (nSPS) is 20.3. The second-order valence-electron chi connectivity index (χ2n) is 7.76. The molecule has 1 aromatic carbocycles. The van der Waals surface area contributed by atoms with Gasteiger partial charge in [-0.25, -0.2) is 4.79 Å². The van der Waals surface area contributed by atoms with E-state index in [1.807, 2.05) is 19.1 Å². The van der Waals surface area contributed by atoms with Gasteiger partial charge < -0.3 is 31.7 Å². The van der Waals surface area contributed by atoms with Crippen LogP contribution in [-0.4, -0.2) is 56.4 Å². The number of benzene rings is 1. The van der Waals surface area contributed by atoms with Crippen molar-refractivity contribution in [3.05, 3.63) is 29.3 Å². The molecule has 0 bridgehead atoms. The molecule has 5 nitrogen and oxygen atoms in total. The molecule has 0 radical (unpaired) electrons. The second kappa shape index (κ2) is 11.4. The highest BCUT2D eigenvalue weighted by Crippen LogP contribution is 2.16. The third kappa shape index (κ3) is 7.59. The fourth-order valence-corrected chi connectivity index (χ4v) is 3.52. The highest BCUT2D eigenvalue weighted by molar-refractivity contribution is 5.67. The van der Waals surface area contributed by atoms with Crippen molar-refractivity contribution < 1.29 is 31.6 Å². The van der Waals surface area contributed by atoms with Crippen LogP contribution in [0.3, 0.4) is 0 Å². The Labute approximate surface area is 170 Å². The van der Waals surface area contributed by atoms with Gasteiger partial charge in [0.2, 0.25) is 0 Å². The van der Waals surface area contributed by atoms with Gasteiger partial charge >= 0.3 is 6.09 Å². The second-order valence-corrected chi connectivity index (χ2v) is 7.76. The summed E-state index contributed by atoms with van der Waals surface area (Å²) in [6.07, 6.45) is 3.60. The lowest BCUT2D eigenvalue weighted by Gasteiger charge is -2.30. The highest BCUT2D eigenvalue weighted by Gasteiger charge is 2.23. The SMILES string of the molecule is Cc1cc(C)cc(OCC(C)N(C)C(=O)OCC[NH+]2CCCCC2C)c1.[Cl-]. The summed E-state index contributed by atoms with van der Waals surface area (Å²) in [6.45, 7) is 11.4. The minimum absolute atomic E-state index is 0. The predicted molar refractivity (Wildman–Crippen MR) is 104 cm³/mol. The number of likely N-dealkylation sites (tertiary alicyclic amines) is 1. The van der Waals surface area contributed by atoms with Crippen molar-refractivity contribution in [1.82, 2.24) is 4.90 Å². The van der Waals surface area contributed by atoms with Crippen LogP contribution in [0, 0.1) is 13.8 Å². The molecule has 0 saturated carbocycles. The Kier molecular flexibility index (Phi) is 9.95. The van der Waals surface area contributed by atoms with Gasteiger partial charge in [-0.3, -0.25) is 0 Å². The van der Waals surface area contributed by atoms with Crippen molar-refractivity contribution in [2.75, 3.05) is 33.4 Å². The summed E-state index contributed by atoms with van der Waals surface area (Å²) in [6, 6.07) is 6.77.